The first kappa shape index (κ1) is 13.5. The van der Waals surface area contributed by atoms with Crippen molar-refractivity contribution in [3.8, 4) is 0 Å². The molecule has 4 heteroatoms. The summed E-state index contributed by atoms with van der Waals surface area (Å²) < 4.78 is 13.7. The highest BCUT2D eigenvalue weighted by molar-refractivity contribution is 5.94. The number of anilines is 1. The summed E-state index contributed by atoms with van der Waals surface area (Å²) in [4.78, 5) is 11.0. The topological polar surface area (TPSA) is 49.3 Å². The summed E-state index contributed by atoms with van der Waals surface area (Å²) in [6, 6.07) is 4.07. The Morgan fingerprint density at radius 3 is 2.47 bits per heavy atom. The van der Waals surface area contributed by atoms with Crippen LogP contribution < -0.4 is 5.32 Å². The number of hydrogen-bond acceptors (Lipinski definition) is 2. The molecule has 0 amide bonds. The van der Waals surface area contributed by atoms with E-state index in [2.05, 4.69) is 5.32 Å². The first-order chi connectivity index (χ1) is 7.93. The maximum atomic E-state index is 13.7. The number of halogens is 1. The molecule has 1 aromatic rings. The number of carboxylic acid groups (broad SMARTS) is 1. The van der Waals surface area contributed by atoms with E-state index in [1.165, 1.54) is 18.2 Å². The Labute approximate surface area is 101 Å². The second-order valence-electron chi connectivity index (χ2n) is 4.36. The molecule has 0 bridgehead atoms. The van der Waals surface area contributed by atoms with Crippen LogP contribution in [0.15, 0.2) is 18.2 Å². The van der Waals surface area contributed by atoms with E-state index in [0.717, 1.165) is 12.8 Å². The largest absolute Gasteiger partial charge is 0.478 e. The third-order valence-electron chi connectivity index (χ3n) is 3.23. The molecule has 0 fully saturated rings. The van der Waals surface area contributed by atoms with Crippen LogP contribution >= 0.6 is 0 Å². The maximum absolute atomic E-state index is 13.7. The van der Waals surface area contributed by atoms with Gasteiger partial charge in [-0.25, -0.2) is 9.18 Å². The normalized spacial score (nSPS) is 11.3. The summed E-state index contributed by atoms with van der Waals surface area (Å²) in [5.74, 6) is -1.65. The zero-order valence-electron chi connectivity index (χ0n) is 10.4. The summed E-state index contributed by atoms with van der Waals surface area (Å²) >= 11 is 0. The number of carboxylic acids is 1. The highest BCUT2D eigenvalue weighted by Crippen LogP contribution is 2.27. The SMILES string of the molecule is CCC(C)(CC)Nc1c(F)cccc1C(=O)O. The number of benzene rings is 1. The minimum atomic E-state index is -1.12. The fraction of sp³-hybridized carbons (Fsp3) is 0.462. The molecular formula is C13H18FNO2. The highest BCUT2D eigenvalue weighted by atomic mass is 19.1. The van der Waals surface area contributed by atoms with Gasteiger partial charge in [-0.1, -0.05) is 19.9 Å². The van der Waals surface area contributed by atoms with Crippen molar-refractivity contribution in [3.05, 3.63) is 29.6 Å². The van der Waals surface area contributed by atoms with E-state index in [0.29, 0.717) is 0 Å². The number of rotatable bonds is 5. The molecule has 1 aromatic carbocycles. The lowest BCUT2D eigenvalue weighted by atomic mass is 9.94. The summed E-state index contributed by atoms with van der Waals surface area (Å²) in [6.07, 6.45) is 1.58. The molecule has 0 aliphatic heterocycles. The van der Waals surface area contributed by atoms with E-state index in [1.54, 1.807) is 0 Å². The van der Waals surface area contributed by atoms with Crippen molar-refractivity contribution in [2.24, 2.45) is 0 Å². The van der Waals surface area contributed by atoms with Crippen molar-refractivity contribution in [2.45, 2.75) is 39.2 Å². The average Bonchev–Trinajstić information content (AvgIpc) is 2.31. The van der Waals surface area contributed by atoms with E-state index in [4.69, 9.17) is 5.11 Å². The lowest BCUT2D eigenvalue weighted by Gasteiger charge is -2.30. The van der Waals surface area contributed by atoms with Gasteiger partial charge in [0.15, 0.2) is 0 Å². The quantitative estimate of drug-likeness (QED) is 0.826. The van der Waals surface area contributed by atoms with Gasteiger partial charge in [0.1, 0.15) is 5.82 Å². The summed E-state index contributed by atoms with van der Waals surface area (Å²) in [7, 11) is 0. The van der Waals surface area contributed by atoms with Crippen LogP contribution in [0, 0.1) is 5.82 Å². The number of carbonyl (C=O) groups is 1. The predicted octanol–water partition coefficient (Wildman–Crippen LogP) is 3.51. The minimum absolute atomic E-state index is 0.0295. The Bertz CT molecular complexity index is 414. The molecule has 1 rings (SSSR count). The molecule has 0 saturated heterocycles. The van der Waals surface area contributed by atoms with Gasteiger partial charge >= 0.3 is 5.97 Å². The Kier molecular flexibility index (Phi) is 4.10. The van der Waals surface area contributed by atoms with Crippen molar-refractivity contribution in [1.82, 2.24) is 0 Å². The smallest absolute Gasteiger partial charge is 0.337 e. The molecule has 94 valence electrons. The molecule has 0 atom stereocenters. The summed E-state index contributed by atoms with van der Waals surface area (Å²) in [5.41, 5.74) is -0.254. The summed E-state index contributed by atoms with van der Waals surface area (Å²) in [5, 5.41) is 12.0. The highest BCUT2D eigenvalue weighted by Gasteiger charge is 2.23. The third kappa shape index (κ3) is 2.96. The van der Waals surface area contributed by atoms with Crippen molar-refractivity contribution in [3.63, 3.8) is 0 Å². The van der Waals surface area contributed by atoms with E-state index in [-0.39, 0.29) is 16.8 Å². The summed E-state index contributed by atoms with van der Waals surface area (Å²) in [6.45, 7) is 5.92. The van der Waals surface area contributed by atoms with E-state index in [9.17, 15) is 9.18 Å². The van der Waals surface area contributed by atoms with Gasteiger partial charge in [-0.2, -0.15) is 0 Å². The Morgan fingerprint density at radius 1 is 1.41 bits per heavy atom. The lowest BCUT2D eigenvalue weighted by Crippen LogP contribution is -2.34. The van der Waals surface area contributed by atoms with Crippen LogP contribution in [-0.2, 0) is 0 Å². The average molecular weight is 239 g/mol. The first-order valence-electron chi connectivity index (χ1n) is 5.73. The van der Waals surface area contributed by atoms with Crippen LogP contribution in [0.3, 0.4) is 0 Å². The number of nitrogens with one attached hydrogen (secondary N) is 1. The molecule has 0 heterocycles. The molecule has 0 aliphatic rings. The molecule has 17 heavy (non-hydrogen) atoms. The number of para-hydroxylation sites is 1. The van der Waals surface area contributed by atoms with Gasteiger partial charge in [-0.3, -0.25) is 0 Å². The molecule has 0 spiro atoms. The van der Waals surface area contributed by atoms with Crippen LogP contribution in [0.25, 0.3) is 0 Å². The Hall–Kier alpha value is -1.58. The molecular weight excluding hydrogens is 221 g/mol. The van der Waals surface area contributed by atoms with Crippen LogP contribution in [-0.4, -0.2) is 16.6 Å². The molecule has 0 aromatic heterocycles. The van der Waals surface area contributed by atoms with Gasteiger partial charge in [-0.15, -0.1) is 0 Å². The van der Waals surface area contributed by atoms with Crippen LogP contribution in [0.2, 0.25) is 0 Å². The Balaban J connectivity index is 3.17. The fourth-order valence-electron chi connectivity index (χ4n) is 1.56. The van der Waals surface area contributed by atoms with Gasteiger partial charge in [0, 0.05) is 5.54 Å². The molecule has 2 N–H and O–H groups in total. The number of aromatic carboxylic acids is 1. The van der Waals surface area contributed by atoms with Crippen molar-refractivity contribution >= 4 is 11.7 Å². The lowest BCUT2D eigenvalue weighted by molar-refractivity contribution is 0.0697. The van der Waals surface area contributed by atoms with Crippen molar-refractivity contribution < 1.29 is 14.3 Å². The van der Waals surface area contributed by atoms with Gasteiger partial charge in [0.25, 0.3) is 0 Å². The fourth-order valence-corrected chi connectivity index (χ4v) is 1.56. The monoisotopic (exact) mass is 239 g/mol. The molecule has 0 radical (unpaired) electrons. The standard InChI is InChI=1S/C13H18FNO2/c1-4-13(3,5-2)15-11-9(12(16)17)7-6-8-10(11)14/h6-8,15H,4-5H2,1-3H3,(H,16,17). The van der Waals surface area contributed by atoms with Crippen molar-refractivity contribution in [2.75, 3.05) is 5.32 Å². The maximum Gasteiger partial charge on any atom is 0.337 e. The first-order valence-corrected chi connectivity index (χ1v) is 5.73. The van der Waals surface area contributed by atoms with Gasteiger partial charge < -0.3 is 10.4 Å². The van der Waals surface area contributed by atoms with Gasteiger partial charge in [-0.05, 0) is 31.9 Å². The van der Waals surface area contributed by atoms with E-state index < -0.39 is 11.8 Å². The van der Waals surface area contributed by atoms with Gasteiger partial charge in [0.05, 0.1) is 11.3 Å². The zero-order chi connectivity index (χ0) is 13.1. The molecule has 0 unspecified atom stereocenters. The molecule has 0 saturated carbocycles. The Morgan fingerprint density at radius 2 is 2.00 bits per heavy atom. The predicted molar refractivity (Wildman–Crippen MR) is 66.0 cm³/mol. The van der Waals surface area contributed by atoms with Gasteiger partial charge in [0.2, 0.25) is 0 Å². The zero-order valence-corrected chi connectivity index (χ0v) is 10.4. The molecule has 0 aliphatic carbocycles. The van der Waals surface area contributed by atoms with E-state index >= 15 is 0 Å². The molecule has 3 nitrogen and oxygen atoms in total. The van der Waals surface area contributed by atoms with Crippen LogP contribution in [0.4, 0.5) is 10.1 Å². The second kappa shape index (κ2) is 5.17. The van der Waals surface area contributed by atoms with Crippen LogP contribution in [0.5, 0.6) is 0 Å². The van der Waals surface area contributed by atoms with E-state index in [1.807, 2.05) is 20.8 Å². The van der Waals surface area contributed by atoms with Crippen LogP contribution in [0.1, 0.15) is 44.0 Å². The van der Waals surface area contributed by atoms with Crippen molar-refractivity contribution in [1.29, 1.82) is 0 Å². The number of hydrogen-bond donors (Lipinski definition) is 2. The minimum Gasteiger partial charge on any atom is -0.478 e. The third-order valence-corrected chi connectivity index (χ3v) is 3.23. The second-order valence-corrected chi connectivity index (χ2v) is 4.36.